The van der Waals surface area contributed by atoms with E-state index in [0.717, 1.165) is 44.2 Å². The van der Waals surface area contributed by atoms with Gasteiger partial charge in [-0.05, 0) is 43.2 Å². The molecular weight excluding hydrogens is 505 g/mol. The van der Waals surface area contributed by atoms with Gasteiger partial charge < -0.3 is 25.4 Å². The molecule has 0 spiro atoms. The number of ether oxygens (including phenoxy) is 2. The molecule has 0 amide bonds. The number of halogens is 1. The van der Waals surface area contributed by atoms with Crippen molar-refractivity contribution in [2.75, 3.05) is 63.7 Å². The number of rotatable bonds is 7. The molecule has 7 nitrogen and oxygen atoms in total. The molecule has 0 bridgehead atoms. The van der Waals surface area contributed by atoms with Crippen molar-refractivity contribution in [1.82, 2.24) is 4.90 Å². The molecule has 2 aromatic rings. The van der Waals surface area contributed by atoms with Gasteiger partial charge in [-0.15, -0.1) is 24.0 Å². The van der Waals surface area contributed by atoms with Crippen LogP contribution in [0.15, 0.2) is 41.4 Å². The normalized spacial score (nSPS) is 14.7. The summed E-state index contributed by atoms with van der Waals surface area (Å²) in [5, 5.41) is 3.11. The van der Waals surface area contributed by atoms with Gasteiger partial charge >= 0.3 is 0 Å². The molecule has 1 aliphatic heterocycles. The number of methoxy groups -OCH3 is 2. The number of aryl methyl sites for hydroxylation is 1. The predicted molar refractivity (Wildman–Crippen MR) is 140 cm³/mol. The quantitative estimate of drug-likeness (QED) is 0.319. The molecule has 0 atom stereocenters. The first-order valence-corrected chi connectivity index (χ1v) is 10.3. The lowest BCUT2D eigenvalue weighted by molar-refractivity contribution is 0.265. The number of guanidine groups is 1. The van der Waals surface area contributed by atoms with E-state index in [1.165, 1.54) is 16.8 Å². The monoisotopic (exact) mass is 539 g/mol. The lowest BCUT2D eigenvalue weighted by Crippen LogP contribution is -2.47. The summed E-state index contributed by atoms with van der Waals surface area (Å²) in [6, 6.07) is 12.1. The Balaban J connectivity index is 0.00000341. The molecular formula is C23H34IN5O2. The summed E-state index contributed by atoms with van der Waals surface area (Å²) in [5.41, 5.74) is 10.9. The number of benzene rings is 2. The number of anilines is 2. The SMILES string of the molecule is COc1ccc(OC)c(NC(N)=NCCN2CCN(c3cccc(C)c3C)CC2)c1.I. The maximum Gasteiger partial charge on any atom is 0.193 e. The fourth-order valence-corrected chi connectivity index (χ4v) is 3.69. The van der Waals surface area contributed by atoms with E-state index in [9.17, 15) is 0 Å². The Bertz CT molecular complexity index is 882. The van der Waals surface area contributed by atoms with Gasteiger partial charge in [0.25, 0.3) is 0 Å². The maximum absolute atomic E-state index is 6.08. The molecule has 170 valence electrons. The van der Waals surface area contributed by atoms with Gasteiger partial charge in [0.2, 0.25) is 0 Å². The second-order valence-electron chi connectivity index (χ2n) is 7.51. The highest BCUT2D eigenvalue weighted by molar-refractivity contribution is 14.0. The van der Waals surface area contributed by atoms with E-state index in [0.29, 0.717) is 18.3 Å². The smallest absolute Gasteiger partial charge is 0.193 e. The molecule has 0 saturated carbocycles. The molecule has 0 unspecified atom stereocenters. The van der Waals surface area contributed by atoms with Gasteiger partial charge in [-0.25, -0.2) is 0 Å². The van der Waals surface area contributed by atoms with Crippen molar-refractivity contribution in [3.8, 4) is 11.5 Å². The zero-order valence-electron chi connectivity index (χ0n) is 18.9. The number of hydrogen-bond donors (Lipinski definition) is 2. The highest BCUT2D eigenvalue weighted by Crippen LogP contribution is 2.28. The summed E-state index contributed by atoms with van der Waals surface area (Å²) in [7, 11) is 3.25. The first-order chi connectivity index (χ1) is 14.5. The minimum Gasteiger partial charge on any atom is -0.497 e. The van der Waals surface area contributed by atoms with Crippen molar-refractivity contribution >= 4 is 41.3 Å². The van der Waals surface area contributed by atoms with Gasteiger partial charge in [-0.3, -0.25) is 9.89 Å². The average Bonchev–Trinajstić information content (AvgIpc) is 2.76. The molecule has 0 aromatic heterocycles. The largest absolute Gasteiger partial charge is 0.497 e. The summed E-state index contributed by atoms with van der Waals surface area (Å²) in [5.74, 6) is 1.79. The summed E-state index contributed by atoms with van der Waals surface area (Å²) in [4.78, 5) is 9.39. The van der Waals surface area contributed by atoms with Crippen LogP contribution in [0.3, 0.4) is 0 Å². The van der Waals surface area contributed by atoms with Crippen LogP contribution < -0.4 is 25.4 Å². The van der Waals surface area contributed by atoms with Gasteiger partial charge in [0.15, 0.2) is 5.96 Å². The minimum atomic E-state index is 0. The molecule has 1 heterocycles. The first-order valence-electron chi connectivity index (χ1n) is 10.3. The Morgan fingerprint density at radius 2 is 1.81 bits per heavy atom. The van der Waals surface area contributed by atoms with E-state index >= 15 is 0 Å². The van der Waals surface area contributed by atoms with Crippen molar-refractivity contribution in [2.45, 2.75) is 13.8 Å². The van der Waals surface area contributed by atoms with Crippen LogP contribution in [0.5, 0.6) is 11.5 Å². The third-order valence-corrected chi connectivity index (χ3v) is 5.66. The van der Waals surface area contributed by atoms with Gasteiger partial charge in [-0.1, -0.05) is 12.1 Å². The van der Waals surface area contributed by atoms with Gasteiger partial charge in [-0.2, -0.15) is 0 Å². The molecule has 1 saturated heterocycles. The van der Waals surface area contributed by atoms with Gasteiger partial charge in [0, 0.05) is 44.5 Å². The zero-order chi connectivity index (χ0) is 21.5. The van der Waals surface area contributed by atoms with E-state index < -0.39 is 0 Å². The maximum atomic E-state index is 6.08. The van der Waals surface area contributed by atoms with Crippen molar-refractivity contribution in [3.63, 3.8) is 0 Å². The second kappa shape index (κ2) is 12.0. The number of nitrogens with one attached hydrogen (secondary N) is 1. The van der Waals surface area contributed by atoms with E-state index in [1.807, 2.05) is 18.2 Å². The molecule has 8 heteroatoms. The highest BCUT2D eigenvalue weighted by atomic mass is 127. The van der Waals surface area contributed by atoms with Gasteiger partial charge in [0.1, 0.15) is 11.5 Å². The molecule has 1 fully saturated rings. The molecule has 0 aliphatic carbocycles. The van der Waals surface area contributed by atoms with E-state index in [2.05, 4.69) is 52.2 Å². The van der Waals surface area contributed by atoms with E-state index in [1.54, 1.807) is 14.2 Å². The fraction of sp³-hybridized carbons (Fsp3) is 0.435. The lowest BCUT2D eigenvalue weighted by Gasteiger charge is -2.36. The fourth-order valence-electron chi connectivity index (χ4n) is 3.69. The van der Waals surface area contributed by atoms with Crippen LogP contribution in [-0.4, -0.2) is 64.3 Å². The number of aliphatic imine (C=N–C) groups is 1. The molecule has 1 aliphatic rings. The van der Waals surface area contributed by atoms with Crippen LogP contribution in [0.2, 0.25) is 0 Å². The number of hydrogen-bond acceptors (Lipinski definition) is 5. The van der Waals surface area contributed by atoms with Crippen molar-refractivity contribution in [1.29, 1.82) is 0 Å². The Morgan fingerprint density at radius 3 is 2.48 bits per heavy atom. The van der Waals surface area contributed by atoms with Crippen LogP contribution in [0.25, 0.3) is 0 Å². The van der Waals surface area contributed by atoms with Crippen molar-refractivity contribution in [3.05, 3.63) is 47.5 Å². The predicted octanol–water partition coefficient (Wildman–Crippen LogP) is 3.49. The lowest BCUT2D eigenvalue weighted by atomic mass is 10.1. The summed E-state index contributed by atoms with van der Waals surface area (Å²) >= 11 is 0. The minimum absolute atomic E-state index is 0. The van der Waals surface area contributed by atoms with Crippen LogP contribution in [-0.2, 0) is 0 Å². The Hall–Kier alpha value is -2.20. The highest BCUT2D eigenvalue weighted by Gasteiger charge is 2.18. The van der Waals surface area contributed by atoms with Gasteiger partial charge in [0.05, 0.1) is 26.5 Å². The number of nitrogens with two attached hydrogens (primary N) is 1. The Kier molecular flexibility index (Phi) is 9.70. The summed E-state index contributed by atoms with van der Waals surface area (Å²) in [6.07, 6.45) is 0. The zero-order valence-corrected chi connectivity index (χ0v) is 21.2. The van der Waals surface area contributed by atoms with E-state index in [-0.39, 0.29) is 24.0 Å². The molecule has 3 N–H and O–H groups in total. The van der Waals surface area contributed by atoms with Crippen LogP contribution in [0.4, 0.5) is 11.4 Å². The van der Waals surface area contributed by atoms with E-state index in [4.69, 9.17) is 15.2 Å². The van der Waals surface area contributed by atoms with Crippen LogP contribution in [0.1, 0.15) is 11.1 Å². The number of nitrogens with zero attached hydrogens (tertiary/aromatic N) is 3. The van der Waals surface area contributed by atoms with Crippen LogP contribution in [0, 0.1) is 13.8 Å². The van der Waals surface area contributed by atoms with Crippen LogP contribution >= 0.6 is 24.0 Å². The molecule has 3 rings (SSSR count). The van der Waals surface area contributed by atoms with Crippen molar-refractivity contribution in [2.24, 2.45) is 10.7 Å². The third-order valence-electron chi connectivity index (χ3n) is 5.66. The Morgan fingerprint density at radius 1 is 1.06 bits per heavy atom. The Labute approximate surface area is 202 Å². The molecule has 31 heavy (non-hydrogen) atoms. The van der Waals surface area contributed by atoms with Crippen molar-refractivity contribution < 1.29 is 9.47 Å². The second-order valence-corrected chi connectivity index (χ2v) is 7.51. The topological polar surface area (TPSA) is 75.3 Å². The third kappa shape index (κ3) is 6.64. The molecule has 0 radical (unpaired) electrons. The average molecular weight is 539 g/mol. The summed E-state index contributed by atoms with van der Waals surface area (Å²) < 4.78 is 10.6. The first kappa shape index (κ1) is 25.1. The summed E-state index contributed by atoms with van der Waals surface area (Å²) in [6.45, 7) is 10.0. The number of piperazine rings is 1. The standard InChI is InChI=1S/C23H33N5O2.HI/c1-17-6-5-7-21(18(17)2)28-14-12-27(13-15-28)11-10-25-23(24)26-20-16-19(29-3)8-9-22(20)30-4;/h5-9,16H,10-15H2,1-4H3,(H3,24,25,26);1H. The molecule has 2 aromatic carbocycles.